The third-order valence-corrected chi connectivity index (χ3v) is 9.43. The first-order chi connectivity index (χ1) is 23.2. The third-order valence-electron chi connectivity index (χ3n) is 8.93. The van der Waals surface area contributed by atoms with Crippen molar-refractivity contribution >= 4 is 48.8 Å². The second-order valence-corrected chi connectivity index (χ2v) is 12.6. The van der Waals surface area contributed by atoms with Crippen LogP contribution in [0.3, 0.4) is 0 Å². The first-order valence-corrected chi connectivity index (χ1v) is 16.4. The number of benzene rings is 7. The summed E-state index contributed by atoms with van der Waals surface area (Å²) in [6, 6.07) is 57.9. The minimum atomic E-state index is 0.618. The Morgan fingerprint density at radius 3 is 1.83 bits per heavy atom. The van der Waals surface area contributed by atoms with Crippen LogP contribution in [0.5, 0.6) is 0 Å². The summed E-state index contributed by atoms with van der Waals surface area (Å²) in [7, 11) is 0. The van der Waals surface area contributed by atoms with Crippen LogP contribution in [-0.2, 0) is 0 Å². The lowest BCUT2D eigenvalue weighted by Crippen LogP contribution is -1.93. The number of para-hydroxylation sites is 2. The Hall–Kier alpha value is -5.71. The molecule has 9 rings (SSSR count). The van der Waals surface area contributed by atoms with Gasteiger partial charge in [0.05, 0.1) is 11.0 Å². The first-order valence-electron chi connectivity index (χ1n) is 15.7. The van der Waals surface area contributed by atoms with Crippen molar-refractivity contribution in [3.63, 3.8) is 0 Å². The van der Waals surface area contributed by atoms with E-state index in [-0.39, 0.29) is 0 Å². The van der Waals surface area contributed by atoms with Crippen molar-refractivity contribution in [3.05, 3.63) is 168 Å². The number of oxazole rings is 1. The van der Waals surface area contributed by atoms with Crippen molar-refractivity contribution in [2.24, 2.45) is 0 Å². The van der Waals surface area contributed by atoms with Crippen LogP contribution in [0.25, 0.3) is 83.4 Å². The fourth-order valence-electron chi connectivity index (χ4n) is 6.75. The number of fused-ring (bicyclic) bond motifs is 4. The van der Waals surface area contributed by atoms with Gasteiger partial charge >= 0.3 is 0 Å². The Bertz CT molecular complexity index is 2580. The number of hydrogen-bond acceptors (Lipinski definition) is 2. The molecule has 2 aromatic heterocycles. The molecule has 0 unspecified atom stereocenters. The van der Waals surface area contributed by atoms with Crippen molar-refractivity contribution in [1.82, 2.24) is 9.55 Å². The third kappa shape index (κ3) is 4.77. The molecule has 0 N–H and O–H groups in total. The van der Waals surface area contributed by atoms with E-state index in [1.54, 1.807) is 0 Å². The molecule has 0 saturated carbocycles. The van der Waals surface area contributed by atoms with Crippen LogP contribution in [0.2, 0.25) is 0 Å². The summed E-state index contributed by atoms with van der Waals surface area (Å²) in [5.41, 5.74) is 13.2. The lowest BCUT2D eigenvalue weighted by Gasteiger charge is -2.15. The maximum Gasteiger partial charge on any atom is 0.227 e. The molecule has 0 aliphatic carbocycles. The zero-order valence-electron chi connectivity index (χ0n) is 25.3. The van der Waals surface area contributed by atoms with Gasteiger partial charge in [0, 0.05) is 26.5 Å². The summed E-state index contributed by atoms with van der Waals surface area (Å²) in [6.07, 6.45) is 0. The van der Waals surface area contributed by atoms with Gasteiger partial charge in [-0.3, -0.25) is 0 Å². The van der Waals surface area contributed by atoms with Gasteiger partial charge in [-0.25, -0.2) is 4.98 Å². The van der Waals surface area contributed by atoms with Crippen LogP contribution in [0, 0.1) is 0 Å². The van der Waals surface area contributed by atoms with Crippen LogP contribution < -0.4 is 0 Å². The molecule has 0 radical (unpaired) electrons. The summed E-state index contributed by atoms with van der Waals surface area (Å²) in [5.74, 6) is 0.618. The molecule has 3 nitrogen and oxygen atoms in total. The standard InChI is InChI=1S/C43H27BrN2O/c44-31-23-25-42-39(27-31)45-43(47-42)29-20-18-28(19-21-29)33-12-4-6-14-35(33)36-15-7-5-13-34(36)30-22-24-41-38(26-30)37-16-8-9-17-40(37)46(41)32-10-2-1-3-11-32/h1-27H. The van der Waals surface area contributed by atoms with E-state index >= 15 is 0 Å². The average molecular weight is 668 g/mol. The minimum absolute atomic E-state index is 0.618. The van der Waals surface area contributed by atoms with Gasteiger partial charge in [0.15, 0.2) is 5.58 Å². The van der Waals surface area contributed by atoms with E-state index in [1.807, 2.05) is 18.2 Å². The Morgan fingerprint density at radius 1 is 0.468 bits per heavy atom. The Kier molecular flexibility index (Phi) is 6.61. The highest BCUT2D eigenvalue weighted by atomic mass is 79.9. The van der Waals surface area contributed by atoms with Crippen LogP contribution in [0.15, 0.2) is 173 Å². The first kappa shape index (κ1) is 27.6. The fraction of sp³-hybridized carbons (Fsp3) is 0. The monoisotopic (exact) mass is 666 g/mol. The number of halogens is 1. The normalized spacial score (nSPS) is 11.5. The van der Waals surface area contributed by atoms with Crippen molar-refractivity contribution in [2.75, 3.05) is 0 Å². The molecular formula is C43H27BrN2O. The fourth-order valence-corrected chi connectivity index (χ4v) is 7.10. The second-order valence-electron chi connectivity index (χ2n) is 11.7. The molecule has 0 aliphatic rings. The van der Waals surface area contributed by atoms with E-state index < -0.39 is 0 Å². The maximum atomic E-state index is 6.06. The SMILES string of the molecule is Brc1ccc2oc(-c3ccc(-c4ccccc4-c4ccccc4-c4ccc5c(c4)c4ccccc4n5-c4ccccc4)cc3)nc2c1. The molecule has 0 atom stereocenters. The number of rotatable bonds is 5. The lowest BCUT2D eigenvalue weighted by atomic mass is 9.89. The van der Waals surface area contributed by atoms with Crippen molar-refractivity contribution < 1.29 is 4.42 Å². The smallest absolute Gasteiger partial charge is 0.227 e. The minimum Gasteiger partial charge on any atom is -0.436 e. The summed E-state index contributed by atoms with van der Waals surface area (Å²) in [4.78, 5) is 4.72. The van der Waals surface area contributed by atoms with E-state index in [1.165, 1.54) is 49.6 Å². The van der Waals surface area contributed by atoms with Gasteiger partial charge in [-0.2, -0.15) is 0 Å². The summed E-state index contributed by atoms with van der Waals surface area (Å²) >= 11 is 3.53. The van der Waals surface area contributed by atoms with Crippen LogP contribution in [0.1, 0.15) is 0 Å². The maximum absolute atomic E-state index is 6.06. The molecule has 0 amide bonds. The number of aromatic nitrogens is 2. The van der Waals surface area contributed by atoms with E-state index in [9.17, 15) is 0 Å². The molecular weight excluding hydrogens is 640 g/mol. The van der Waals surface area contributed by atoms with Gasteiger partial charge in [0.25, 0.3) is 0 Å². The lowest BCUT2D eigenvalue weighted by molar-refractivity contribution is 0.620. The van der Waals surface area contributed by atoms with Crippen LogP contribution in [-0.4, -0.2) is 9.55 Å². The van der Waals surface area contributed by atoms with E-state index in [2.05, 4.69) is 166 Å². The Labute approximate surface area is 280 Å². The van der Waals surface area contributed by atoms with Gasteiger partial charge in [0.1, 0.15) is 5.52 Å². The number of hydrogen-bond donors (Lipinski definition) is 0. The highest BCUT2D eigenvalue weighted by molar-refractivity contribution is 9.10. The Balaban J connectivity index is 1.14. The topological polar surface area (TPSA) is 31.0 Å². The van der Waals surface area contributed by atoms with Crippen molar-refractivity contribution in [3.8, 4) is 50.5 Å². The van der Waals surface area contributed by atoms with Gasteiger partial charge in [-0.05, 0) is 94.0 Å². The molecule has 0 saturated heterocycles. The van der Waals surface area contributed by atoms with Gasteiger partial charge < -0.3 is 8.98 Å². The zero-order valence-corrected chi connectivity index (χ0v) is 26.9. The van der Waals surface area contributed by atoms with E-state index in [0.29, 0.717) is 5.89 Å². The summed E-state index contributed by atoms with van der Waals surface area (Å²) in [5, 5.41) is 2.49. The number of nitrogens with zero attached hydrogens (tertiary/aromatic N) is 2. The molecule has 0 aliphatic heterocycles. The second kappa shape index (κ2) is 11.3. The molecule has 7 aromatic carbocycles. The van der Waals surface area contributed by atoms with E-state index in [4.69, 9.17) is 9.40 Å². The van der Waals surface area contributed by atoms with Gasteiger partial charge in [-0.1, -0.05) is 119 Å². The molecule has 9 aromatic rings. The molecule has 0 bridgehead atoms. The highest BCUT2D eigenvalue weighted by Crippen LogP contribution is 2.41. The molecule has 2 heterocycles. The molecule has 4 heteroatoms. The quantitative estimate of drug-likeness (QED) is 0.183. The average Bonchev–Trinajstić information content (AvgIpc) is 3.71. The molecule has 0 fully saturated rings. The predicted octanol–water partition coefficient (Wildman–Crippen LogP) is 12.4. The van der Waals surface area contributed by atoms with Crippen molar-refractivity contribution in [1.29, 1.82) is 0 Å². The van der Waals surface area contributed by atoms with E-state index in [0.717, 1.165) is 32.4 Å². The van der Waals surface area contributed by atoms with Crippen LogP contribution >= 0.6 is 15.9 Å². The zero-order chi connectivity index (χ0) is 31.3. The summed E-state index contributed by atoms with van der Waals surface area (Å²) in [6.45, 7) is 0. The van der Waals surface area contributed by atoms with Crippen molar-refractivity contribution in [2.45, 2.75) is 0 Å². The molecule has 222 valence electrons. The Morgan fingerprint density at radius 2 is 1.06 bits per heavy atom. The molecule has 47 heavy (non-hydrogen) atoms. The predicted molar refractivity (Wildman–Crippen MR) is 198 cm³/mol. The van der Waals surface area contributed by atoms with Gasteiger partial charge in [0.2, 0.25) is 5.89 Å². The highest BCUT2D eigenvalue weighted by Gasteiger charge is 2.17. The summed E-state index contributed by atoms with van der Waals surface area (Å²) < 4.78 is 9.41. The molecule has 0 spiro atoms. The van der Waals surface area contributed by atoms with Crippen LogP contribution in [0.4, 0.5) is 0 Å². The largest absolute Gasteiger partial charge is 0.436 e. The van der Waals surface area contributed by atoms with Gasteiger partial charge in [-0.15, -0.1) is 0 Å².